The summed E-state index contributed by atoms with van der Waals surface area (Å²) in [6.07, 6.45) is 8.73. The minimum Gasteiger partial charge on any atom is -0.509 e. The van der Waals surface area contributed by atoms with Gasteiger partial charge in [0.2, 0.25) is 0 Å². The van der Waals surface area contributed by atoms with E-state index >= 15 is 0 Å². The summed E-state index contributed by atoms with van der Waals surface area (Å²) in [7, 11) is 0. The summed E-state index contributed by atoms with van der Waals surface area (Å²) in [5.74, 6) is 3.39. The van der Waals surface area contributed by atoms with Gasteiger partial charge in [0.1, 0.15) is 5.82 Å². The van der Waals surface area contributed by atoms with E-state index in [2.05, 4.69) is 132 Å². The minimum absolute atomic E-state index is 0. The van der Waals surface area contributed by atoms with Crippen LogP contribution in [0.5, 0.6) is 11.5 Å². The SMILES string of the molecule is CCCCc1cc(Oc2[c-]c3c(cc2)c2cc(C(C)CCCC(C)C)ccc2n3-c2cc(C)ccn2)[c-]c(-n2nc(C)c(-c3ccccc3)c2C)c1.[Pt+2]. The first-order valence-corrected chi connectivity index (χ1v) is 19.0. The monoisotopic (exact) mass is 881 g/mol. The molecule has 3 aromatic heterocycles. The standard InChI is InChI=1S/C47H50N4O.Pt/c1-8-9-16-36-26-39(51-35(7)47(34(6)49-51)37-17-11-10-12-18-37)29-41(27-36)52-40-20-21-42-43-28-38(33(5)15-13-14-31(2)3)19-22-44(43)50(45(42)30-40)46-25-32(4)23-24-48-46;/h10-12,17-28,31,33H,8-9,13-16H2,1-7H3;/q-2;+2. The molecule has 0 fully saturated rings. The van der Waals surface area contributed by atoms with Gasteiger partial charge in [-0.2, -0.15) is 16.7 Å². The van der Waals surface area contributed by atoms with Crippen LogP contribution >= 0.6 is 0 Å². The van der Waals surface area contributed by atoms with Gasteiger partial charge in [0.25, 0.3) is 0 Å². The molecular weight excluding hydrogens is 832 g/mol. The number of ether oxygens (including phenoxy) is 1. The molecule has 5 nitrogen and oxygen atoms in total. The fraction of sp³-hybridized carbons (Fsp3) is 0.319. The summed E-state index contributed by atoms with van der Waals surface area (Å²) < 4.78 is 10.9. The molecule has 0 aliphatic rings. The van der Waals surface area contributed by atoms with E-state index < -0.39 is 0 Å². The Morgan fingerprint density at radius 3 is 2.36 bits per heavy atom. The van der Waals surface area contributed by atoms with Crippen molar-refractivity contribution in [1.82, 2.24) is 19.3 Å². The van der Waals surface area contributed by atoms with Gasteiger partial charge in [-0.1, -0.05) is 108 Å². The zero-order chi connectivity index (χ0) is 36.4. The van der Waals surface area contributed by atoms with Gasteiger partial charge in [-0.05, 0) is 85.0 Å². The number of nitrogens with zero attached hydrogens (tertiary/aromatic N) is 4. The molecule has 7 aromatic rings. The predicted molar refractivity (Wildman–Crippen MR) is 215 cm³/mol. The zero-order valence-corrected chi connectivity index (χ0v) is 34.3. The van der Waals surface area contributed by atoms with Crippen molar-refractivity contribution in [2.75, 3.05) is 0 Å². The van der Waals surface area contributed by atoms with Crippen LogP contribution in [0.15, 0.2) is 91.1 Å². The quantitative estimate of drug-likeness (QED) is 0.108. The Labute approximate surface area is 329 Å². The number of benzene rings is 4. The van der Waals surface area contributed by atoms with E-state index in [1.807, 2.05) is 29.1 Å². The Bertz CT molecular complexity index is 2340. The molecule has 1 atom stereocenters. The molecule has 7 rings (SSSR count). The Kier molecular flexibility index (Phi) is 12.0. The van der Waals surface area contributed by atoms with Crippen molar-refractivity contribution in [1.29, 1.82) is 0 Å². The minimum atomic E-state index is 0. The van der Waals surface area contributed by atoms with Crippen LogP contribution in [0.1, 0.15) is 93.8 Å². The third kappa shape index (κ3) is 8.21. The largest absolute Gasteiger partial charge is 2.00 e. The molecule has 0 N–H and O–H groups in total. The number of unbranched alkanes of at least 4 members (excludes halogenated alkanes) is 1. The molecule has 274 valence electrons. The number of fused-ring (bicyclic) bond motifs is 3. The maximum atomic E-state index is 6.68. The van der Waals surface area contributed by atoms with Crippen LogP contribution in [0.3, 0.4) is 0 Å². The molecule has 0 spiro atoms. The average molecular weight is 882 g/mol. The Hall–Kier alpha value is -4.47. The van der Waals surface area contributed by atoms with E-state index in [0.29, 0.717) is 17.4 Å². The van der Waals surface area contributed by atoms with Crippen LogP contribution in [0, 0.1) is 38.8 Å². The average Bonchev–Trinajstić information content (AvgIpc) is 3.62. The number of aryl methyl sites for hydroxylation is 3. The second-order valence-corrected chi connectivity index (χ2v) is 14.9. The van der Waals surface area contributed by atoms with Gasteiger partial charge in [0.05, 0.1) is 5.69 Å². The summed E-state index contributed by atoms with van der Waals surface area (Å²) in [5.41, 5.74) is 11.1. The van der Waals surface area contributed by atoms with Crippen molar-refractivity contribution in [3.63, 3.8) is 0 Å². The Balaban J connectivity index is 0.00000481. The fourth-order valence-electron chi connectivity index (χ4n) is 7.48. The number of rotatable bonds is 13. The molecular formula is C47H50N4OPt. The van der Waals surface area contributed by atoms with Crippen molar-refractivity contribution < 1.29 is 25.8 Å². The van der Waals surface area contributed by atoms with E-state index in [0.717, 1.165) is 81.2 Å². The summed E-state index contributed by atoms with van der Waals surface area (Å²) in [4.78, 5) is 4.82. The molecule has 1 unspecified atom stereocenters. The van der Waals surface area contributed by atoms with Crippen molar-refractivity contribution in [2.24, 2.45) is 5.92 Å². The van der Waals surface area contributed by atoms with E-state index in [4.69, 9.17) is 14.8 Å². The first-order chi connectivity index (χ1) is 25.2. The smallest absolute Gasteiger partial charge is 0.509 e. The van der Waals surface area contributed by atoms with Crippen LogP contribution in [-0.4, -0.2) is 19.3 Å². The second-order valence-electron chi connectivity index (χ2n) is 14.9. The zero-order valence-electron chi connectivity index (χ0n) is 32.1. The van der Waals surface area contributed by atoms with Crippen molar-refractivity contribution in [2.45, 2.75) is 92.9 Å². The molecule has 0 saturated carbocycles. The van der Waals surface area contributed by atoms with E-state index in [1.54, 1.807) is 0 Å². The molecule has 0 amide bonds. The van der Waals surface area contributed by atoms with Crippen LogP contribution in [-0.2, 0) is 27.5 Å². The maximum absolute atomic E-state index is 6.68. The maximum Gasteiger partial charge on any atom is 2.00 e. The van der Waals surface area contributed by atoms with Gasteiger partial charge in [-0.15, -0.1) is 35.7 Å². The summed E-state index contributed by atoms with van der Waals surface area (Å²) in [5, 5.41) is 7.35. The molecule has 3 heterocycles. The number of hydrogen-bond acceptors (Lipinski definition) is 3. The van der Waals surface area contributed by atoms with Crippen LogP contribution in [0.4, 0.5) is 0 Å². The number of pyridine rings is 1. The molecule has 0 saturated heterocycles. The van der Waals surface area contributed by atoms with Gasteiger partial charge >= 0.3 is 21.1 Å². The fourth-order valence-corrected chi connectivity index (χ4v) is 7.48. The van der Waals surface area contributed by atoms with Gasteiger partial charge in [-0.3, -0.25) is 4.68 Å². The third-order valence-electron chi connectivity index (χ3n) is 10.3. The van der Waals surface area contributed by atoms with E-state index in [9.17, 15) is 0 Å². The van der Waals surface area contributed by atoms with E-state index in [1.165, 1.54) is 35.8 Å². The van der Waals surface area contributed by atoms with Gasteiger partial charge in [0.15, 0.2) is 0 Å². The first kappa shape index (κ1) is 38.3. The summed E-state index contributed by atoms with van der Waals surface area (Å²) in [6, 6.07) is 37.4. The molecule has 4 aromatic carbocycles. The molecule has 0 radical (unpaired) electrons. The third-order valence-corrected chi connectivity index (χ3v) is 10.3. The van der Waals surface area contributed by atoms with Gasteiger partial charge in [-0.25, -0.2) is 4.98 Å². The topological polar surface area (TPSA) is 44.9 Å². The first-order valence-electron chi connectivity index (χ1n) is 19.0. The van der Waals surface area contributed by atoms with Crippen molar-refractivity contribution >= 4 is 21.8 Å². The van der Waals surface area contributed by atoms with Gasteiger partial charge < -0.3 is 9.30 Å². The van der Waals surface area contributed by atoms with Gasteiger partial charge in [0, 0.05) is 34.5 Å². The van der Waals surface area contributed by atoms with Crippen LogP contribution in [0.25, 0.3) is 44.4 Å². The number of hydrogen-bond donors (Lipinski definition) is 0. The molecule has 0 bridgehead atoms. The normalized spacial score (nSPS) is 12.1. The van der Waals surface area contributed by atoms with Crippen molar-refractivity contribution in [3.8, 4) is 34.1 Å². The predicted octanol–water partition coefficient (Wildman–Crippen LogP) is 12.6. The van der Waals surface area contributed by atoms with E-state index in [-0.39, 0.29) is 21.1 Å². The van der Waals surface area contributed by atoms with Crippen LogP contribution in [0.2, 0.25) is 0 Å². The summed E-state index contributed by atoms with van der Waals surface area (Å²) in [6.45, 7) is 15.5. The molecule has 0 aliphatic heterocycles. The molecule has 0 aliphatic carbocycles. The van der Waals surface area contributed by atoms with Crippen LogP contribution < -0.4 is 4.74 Å². The Morgan fingerprint density at radius 2 is 1.60 bits per heavy atom. The summed E-state index contributed by atoms with van der Waals surface area (Å²) >= 11 is 0. The second kappa shape index (κ2) is 16.7. The Morgan fingerprint density at radius 1 is 0.792 bits per heavy atom. The molecule has 53 heavy (non-hydrogen) atoms. The molecule has 6 heteroatoms. The number of aromatic nitrogens is 4. The van der Waals surface area contributed by atoms with Crippen molar-refractivity contribution in [3.05, 3.63) is 131 Å².